The number of hydrogen-bond donors (Lipinski definition) is 0. The van der Waals surface area contributed by atoms with E-state index < -0.39 is 0 Å². The number of fused-ring (bicyclic) bond motifs is 1. The van der Waals surface area contributed by atoms with Crippen LogP contribution in [-0.4, -0.2) is 33.7 Å². The minimum absolute atomic E-state index is 0.0311. The number of benzene rings is 2. The van der Waals surface area contributed by atoms with Crippen LogP contribution >= 0.6 is 0 Å². The van der Waals surface area contributed by atoms with Crippen molar-refractivity contribution in [3.05, 3.63) is 155 Å². The highest BCUT2D eigenvalue weighted by Crippen LogP contribution is 2.34. The summed E-state index contributed by atoms with van der Waals surface area (Å²) in [6.45, 7) is 8.53. The SMILES string of the molecule is C=CCCc1ccccc1C(c1ccncc1)N1CN(CC=C)C(=O)c2c(OCc3ccccc3)c(=O)ccn21. The van der Waals surface area contributed by atoms with E-state index in [1.807, 2.05) is 60.7 Å². The van der Waals surface area contributed by atoms with Gasteiger partial charge in [0.15, 0.2) is 11.4 Å². The molecule has 3 heterocycles. The van der Waals surface area contributed by atoms with E-state index in [1.54, 1.807) is 34.2 Å². The molecule has 4 aromatic rings. The normalized spacial score (nSPS) is 13.4. The molecule has 1 aliphatic rings. The van der Waals surface area contributed by atoms with Crippen molar-refractivity contribution in [3.8, 4) is 5.75 Å². The Kier molecular flexibility index (Phi) is 8.21. The highest BCUT2D eigenvalue weighted by Gasteiger charge is 2.37. The van der Waals surface area contributed by atoms with Gasteiger partial charge in [-0.05, 0) is 47.2 Å². The summed E-state index contributed by atoms with van der Waals surface area (Å²) in [6, 6.07) is 23.0. The first kappa shape index (κ1) is 26.7. The van der Waals surface area contributed by atoms with Gasteiger partial charge in [-0.1, -0.05) is 66.7 Å². The van der Waals surface area contributed by atoms with Gasteiger partial charge in [-0.15, -0.1) is 13.2 Å². The van der Waals surface area contributed by atoms with E-state index in [4.69, 9.17) is 4.74 Å². The van der Waals surface area contributed by atoms with E-state index in [-0.39, 0.29) is 42.1 Å². The summed E-state index contributed by atoms with van der Waals surface area (Å²) >= 11 is 0. The Balaban J connectivity index is 1.68. The van der Waals surface area contributed by atoms with E-state index >= 15 is 0 Å². The van der Waals surface area contributed by atoms with Crippen LogP contribution in [0.3, 0.4) is 0 Å². The third kappa shape index (κ3) is 5.45. The van der Waals surface area contributed by atoms with Crippen LogP contribution in [0.5, 0.6) is 5.75 Å². The van der Waals surface area contributed by atoms with E-state index in [9.17, 15) is 9.59 Å². The van der Waals surface area contributed by atoms with Gasteiger partial charge >= 0.3 is 0 Å². The van der Waals surface area contributed by atoms with Crippen molar-refractivity contribution in [1.29, 1.82) is 0 Å². The number of aryl methyl sites for hydroxylation is 1. The van der Waals surface area contributed by atoms with Crippen molar-refractivity contribution in [2.75, 3.05) is 18.2 Å². The van der Waals surface area contributed by atoms with Crippen molar-refractivity contribution in [1.82, 2.24) is 14.6 Å². The number of pyridine rings is 2. The molecule has 202 valence electrons. The number of aromatic nitrogens is 2. The van der Waals surface area contributed by atoms with Crippen LogP contribution in [0, 0.1) is 0 Å². The largest absolute Gasteiger partial charge is 0.482 e. The van der Waals surface area contributed by atoms with Gasteiger partial charge in [-0.3, -0.25) is 24.3 Å². The fourth-order valence-corrected chi connectivity index (χ4v) is 5.09. The Hall–Kier alpha value is -4.91. The zero-order valence-corrected chi connectivity index (χ0v) is 22.4. The van der Waals surface area contributed by atoms with Crippen molar-refractivity contribution in [2.24, 2.45) is 0 Å². The van der Waals surface area contributed by atoms with Crippen molar-refractivity contribution in [2.45, 2.75) is 25.5 Å². The van der Waals surface area contributed by atoms with Gasteiger partial charge in [0.25, 0.3) is 5.91 Å². The molecule has 1 aliphatic heterocycles. The van der Waals surface area contributed by atoms with Gasteiger partial charge in [0.2, 0.25) is 5.43 Å². The number of carbonyl (C=O) groups is 1. The Morgan fingerprint density at radius 1 is 0.925 bits per heavy atom. The smallest absolute Gasteiger partial charge is 0.278 e. The summed E-state index contributed by atoms with van der Waals surface area (Å²) in [5.74, 6) is -0.256. The number of amides is 1. The molecule has 0 saturated heterocycles. The third-order valence-electron chi connectivity index (χ3n) is 6.98. The number of allylic oxidation sites excluding steroid dienone is 1. The Labute approximate surface area is 234 Å². The van der Waals surface area contributed by atoms with Gasteiger partial charge in [0.1, 0.15) is 13.3 Å². The summed E-state index contributed by atoms with van der Waals surface area (Å²) in [6.07, 6.45) is 10.5. The van der Waals surface area contributed by atoms with Crippen molar-refractivity contribution in [3.63, 3.8) is 0 Å². The molecule has 40 heavy (non-hydrogen) atoms. The lowest BCUT2D eigenvalue weighted by Gasteiger charge is -2.44. The van der Waals surface area contributed by atoms with Crippen LogP contribution in [0.25, 0.3) is 0 Å². The van der Waals surface area contributed by atoms with Crippen LogP contribution in [0.1, 0.15) is 45.2 Å². The maximum atomic E-state index is 13.8. The highest BCUT2D eigenvalue weighted by molar-refractivity contribution is 5.96. The summed E-state index contributed by atoms with van der Waals surface area (Å²) < 4.78 is 7.86. The van der Waals surface area contributed by atoms with Crippen LogP contribution < -0.4 is 15.2 Å². The Morgan fingerprint density at radius 3 is 2.42 bits per heavy atom. The summed E-state index contributed by atoms with van der Waals surface area (Å²) in [4.78, 5) is 32.9. The Bertz CT molecular complexity index is 1550. The molecule has 5 rings (SSSR count). The third-order valence-corrected chi connectivity index (χ3v) is 6.98. The van der Waals surface area contributed by atoms with Crippen LogP contribution in [-0.2, 0) is 13.0 Å². The molecular weight excluding hydrogens is 500 g/mol. The number of ether oxygens (including phenoxy) is 1. The maximum absolute atomic E-state index is 13.8. The molecule has 1 amide bonds. The molecule has 0 aliphatic carbocycles. The van der Waals surface area contributed by atoms with E-state index in [0.29, 0.717) is 6.54 Å². The molecule has 0 saturated carbocycles. The standard InChI is InChI=1S/C33H32N4O3/c1-3-5-13-26-14-9-10-15-28(26)30(27-16-19-34-20-17-27)37-24-35(21-4-2)33(39)31-32(29(38)18-22-36(31)37)40-23-25-11-7-6-8-12-25/h3-4,6-12,14-20,22,30H,1-2,5,13,21,23-24H2. The van der Waals surface area contributed by atoms with Gasteiger partial charge in [-0.2, -0.15) is 0 Å². The number of hydrogen-bond acceptors (Lipinski definition) is 5. The van der Waals surface area contributed by atoms with Crippen LogP contribution in [0.4, 0.5) is 0 Å². The number of rotatable bonds is 11. The van der Waals surface area contributed by atoms with E-state index in [1.165, 1.54) is 11.6 Å². The van der Waals surface area contributed by atoms with Gasteiger partial charge in [0, 0.05) is 31.2 Å². The lowest BCUT2D eigenvalue weighted by molar-refractivity contribution is 0.0698. The molecule has 7 nitrogen and oxygen atoms in total. The van der Waals surface area contributed by atoms with Crippen LogP contribution in [0.2, 0.25) is 0 Å². The van der Waals surface area contributed by atoms with Crippen LogP contribution in [0.15, 0.2) is 121 Å². The minimum atomic E-state index is -0.345. The first-order valence-electron chi connectivity index (χ1n) is 13.3. The first-order chi connectivity index (χ1) is 19.6. The fraction of sp³-hybridized carbons (Fsp3) is 0.182. The summed E-state index contributed by atoms with van der Waals surface area (Å²) in [5.41, 5.74) is 4.03. The zero-order chi connectivity index (χ0) is 27.9. The number of nitrogens with zero attached hydrogens (tertiary/aromatic N) is 4. The van der Waals surface area contributed by atoms with Gasteiger partial charge < -0.3 is 9.64 Å². The molecule has 0 spiro atoms. The first-order valence-corrected chi connectivity index (χ1v) is 13.3. The molecule has 0 bridgehead atoms. The average Bonchev–Trinajstić information content (AvgIpc) is 2.99. The quantitative estimate of drug-likeness (QED) is 0.246. The monoisotopic (exact) mass is 532 g/mol. The lowest BCUT2D eigenvalue weighted by atomic mass is 9.92. The Morgan fingerprint density at radius 2 is 1.68 bits per heavy atom. The fourth-order valence-electron chi connectivity index (χ4n) is 5.09. The number of carbonyl (C=O) groups excluding carboxylic acids is 1. The molecule has 0 radical (unpaired) electrons. The molecule has 0 fully saturated rings. The molecule has 7 heteroatoms. The van der Waals surface area contributed by atoms with Gasteiger partial charge in [-0.25, -0.2) is 0 Å². The van der Waals surface area contributed by atoms with E-state index in [2.05, 4.69) is 35.3 Å². The maximum Gasteiger partial charge on any atom is 0.278 e. The predicted octanol–water partition coefficient (Wildman–Crippen LogP) is 5.27. The lowest BCUT2D eigenvalue weighted by Crippen LogP contribution is -2.55. The molecule has 2 aromatic carbocycles. The molecular formula is C33H32N4O3. The summed E-state index contributed by atoms with van der Waals surface area (Å²) in [5, 5.41) is 2.09. The highest BCUT2D eigenvalue weighted by atomic mass is 16.5. The molecule has 1 unspecified atom stereocenters. The average molecular weight is 533 g/mol. The minimum Gasteiger partial charge on any atom is -0.482 e. The second kappa shape index (κ2) is 12.3. The van der Waals surface area contributed by atoms with E-state index in [0.717, 1.165) is 29.5 Å². The zero-order valence-electron chi connectivity index (χ0n) is 22.4. The molecule has 2 aromatic heterocycles. The summed E-state index contributed by atoms with van der Waals surface area (Å²) in [7, 11) is 0. The van der Waals surface area contributed by atoms with Gasteiger partial charge in [0.05, 0.1) is 6.04 Å². The second-order valence-electron chi connectivity index (χ2n) is 9.58. The second-order valence-corrected chi connectivity index (χ2v) is 9.58. The topological polar surface area (TPSA) is 67.7 Å². The molecule has 0 N–H and O–H groups in total. The molecule has 1 atom stereocenters. The van der Waals surface area contributed by atoms with Crippen molar-refractivity contribution >= 4 is 5.91 Å². The predicted molar refractivity (Wildman–Crippen MR) is 157 cm³/mol. The van der Waals surface area contributed by atoms with Crippen molar-refractivity contribution < 1.29 is 9.53 Å².